The lowest BCUT2D eigenvalue weighted by Crippen LogP contribution is -2.30. The van der Waals surface area contributed by atoms with E-state index in [2.05, 4.69) is 17.6 Å². The van der Waals surface area contributed by atoms with E-state index in [4.69, 9.17) is 4.74 Å². The number of carbonyl (C=O) groups is 1. The Balaban J connectivity index is 1.86. The molecule has 4 heteroatoms. The molecule has 2 rings (SSSR count). The maximum absolute atomic E-state index is 12.1. The maximum Gasteiger partial charge on any atom is 0.224 e. The van der Waals surface area contributed by atoms with Crippen molar-refractivity contribution in [3.63, 3.8) is 0 Å². The molecule has 0 aliphatic carbocycles. The van der Waals surface area contributed by atoms with Crippen molar-refractivity contribution < 1.29 is 9.53 Å². The second-order valence-electron chi connectivity index (χ2n) is 5.81. The van der Waals surface area contributed by atoms with Gasteiger partial charge in [-0.15, -0.1) is 0 Å². The van der Waals surface area contributed by atoms with E-state index in [1.54, 1.807) is 0 Å². The Morgan fingerprint density at radius 3 is 2.90 bits per heavy atom. The zero-order valence-corrected chi connectivity index (χ0v) is 13.0. The van der Waals surface area contributed by atoms with E-state index in [-0.39, 0.29) is 12.0 Å². The summed E-state index contributed by atoms with van der Waals surface area (Å²) in [5.74, 6) is 1.41. The van der Waals surface area contributed by atoms with Gasteiger partial charge in [0.2, 0.25) is 5.91 Å². The standard InChI is InChI=1S/C17H26N2O2/c1-3-13(2)21-16-6-4-5-15(12-16)19-17(20)11-14-7-9-18-10-8-14/h4-6,12-14,18H,3,7-11H2,1-2H3,(H,19,20). The first kappa shape index (κ1) is 15.8. The predicted octanol–water partition coefficient (Wildman–Crippen LogP) is 3.19. The van der Waals surface area contributed by atoms with Gasteiger partial charge < -0.3 is 15.4 Å². The second kappa shape index (κ2) is 8.03. The van der Waals surface area contributed by atoms with Crippen LogP contribution >= 0.6 is 0 Å². The summed E-state index contributed by atoms with van der Waals surface area (Å²) in [6.07, 6.45) is 3.94. The van der Waals surface area contributed by atoms with Crippen molar-refractivity contribution in [2.45, 2.75) is 45.6 Å². The molecule has 0 saturated carbocycles. The lowest BCUT2D eigenvalue weighted by Gasteiger charge is -2.22. The molecule has 1 amide bonds. The first-order valence-electron chi connectivity index (χ1n) is 7.94. The number of amides is 1. The molecule has 4 nitrogen and oxygen atoms in total. The van der Waals surface area contributed by atoms with E-state index in [9.17, 15) is 4.79 Å². The normalized spacial score (nSPS) is 17.2. The first-order valence-corrected chi connectivity index (χ1v) is 7.94. The molecule has 21 heavy (non-hydrogen) atoms. The molecule has 1 aromatic rings. The van der Waals surface area contributed by atoms with Crippen molar-refractivity contribution in [3.8, 4) is 5.75 Å². The average Bonchev–Trinajstić information content (AvgIpc) is 2.48. The number of anilines is 1. The van der Waals surface area contributed by atoms with Gasteiger partial charge >= 0.3 is 0 Å². The van der Waals surface area contributed by atoms with Crippen LogP contribution in [0, 0.1) is 5.92 Å². The van der Waals surface area contributed by atoms with Crippen LogP contribution in [0.3, 0.4) is 0 Å². The molecule has 1 aromatic carbocycles. The Hall–Kier alpha value is -1.55. The minimum atomic E-state index is 0.0996. The zero-order valence-electron chi connectivity index (χ0n) is 13.0. The summed E-state index contributed by atoms with van der Waals surface area (Å²) in [7, 11) is 0. The maximum atomic E-state index is 12.1. The molecule has 116 valence electrons. The van der Waals surface area contributed by atoms with Gasteiger partial charge in [0.15, 0.2) is 0 Å². The Morgan fingerprint density at radius 1 is 1.43 bits per heavy atom. The summed E-state index contributed by atoms with van der Waals surface area (Å²) in [6.45, 7) is 6.18. The lowest BCUT2D eigenvalue weighted by atomic mass is 9.94. The van der Waals surface area contributed by atoms with Crippen LogP contribution in [0.5, 0.6) is 5.75 Å². The van der Waals surface area contributed by atoms with Crippen molar-refractivity contribution in [3.05, 3.63) is 24.3 Å². The van der Waals surface area contributed by atoms with Gasteiger partial charge in [-0.3, -0.25) is 4.79 Å². The van der Waals surface area contributed by atoms with E-state index >= 15 is 0 Å². The fourth-order valence-corrected chi connectivity index (χ4v) is 2.52. The van der Waals surface area contributed by atoms with Crippen molar-refractivity contribution in [2.24, 2.45) is 5.92 Å². The molecule has 1 unspecified atom stereocenters. The Labute approximate surface area is 127 Å². The van der Waals surface area contributed by atoms with Gasteiger partial charge in [-0.1, -0.05) is 13.0 Å². The third kappa shape index (κ3) is 5.38. The third-order valence-electron chi connectivity index (χ3n) is 3.96. The first-order chi connectivity index (χ1) is 10.2. The topological polar surface area (TPSA) is 50.4 Å². The van der Waals surface area contributed by atoms with Crippen molar-refractivity contribution in [1.29, 1.82) is 0 Å². The Bertz CT molecular complexity index is 456. The van der Waals surface area contributed by atoms with E-state index in [0.717, 1.165) is 43.8 Å². The van der Waals surface area contributed by atoms with Crippen LogP contribution < -0.4 is 15.4 Å². The second-order valence-corrected chi connectivity index (χ2v) is 5.81. The summed E-state index contributed by atoms with van der Waals surface area (Å²) in [6, 6.07) is 7.64. The fraction of sp³-hybridized carbons (Fsp3) is 0.588. The summed E-state index contributed by atoms with van der Waals surface area (Å²) < 4.78 is 5.78. The fourth-order valence-electron chi connectivity index (χ4n) is 2.52. The summed E-state index contributed by atoms with van der Waals surface area (Å²) in [5, 5.41) is 6.30. The molecule has 0 aromatic heterocycles. The largest absolute Gasteiger partial charge is 0.491 e. The number of nitrogens with one attached hydrogen (secondary N) is 2. The minimum Gasteiger partial charge on any atom is -0.491 e. The highest BCUT2D eigenvalue weighted by atomic mass is 16.5. The molecular formula is C17H26N2O2. The number of benzene rings is 1. The van der Waals surface area contributed by atoms with Crippen LogP contribution in [0.15, 0.2) is 24.3 Å². The van der Waals surface area contributed by atoms with Gasteiger partial charge in [0, 0.05) is 18.2 Å². The smallest absolute Gasteiger partial charge is 0.224 e. The molecular weight excluding hydrogens is 264 g/mol. The van der Waals surface area contributed by atoms with E-state index in [1.165, 1.54) is 0 Å². The monoisotopic (exact) mass is 290 g/mol. The number of rotatable bonds is 6. The third-order valence-corrected chi connectivity index (χ3v) is 3.96. The molecule has 0 radical (unpaired) electrons. The molecule has 1 fully saturated rings. The zero-order chi connectivity index (χ0) is 15.1. The molecule has 1 saturated heterocycles. The molecule has 1 aliphatic rings. The van der Waals surface area contributed by atoms with Crippen LogP contribution in [0.1, 0.15) is 39.5 Å². The van der Waals surface area contributed by atoms with Gasteiger partial charge in [0.25, 0.3) is 0 Å². The van der Waals surface area contributed by atoms with Gasteiger partial charge in [-0.2, -0.15) is 0 Å². The van der Waals surface area contributed by atoms with Gasteiger partial charge in [-0.05, 0) is 57.3 Å². The Kier molecular flexibility index (Phi) is 6.05. The number of ether oxygens (including phenoxy) is 1. The van der Waals surface area contributed by atoms with Crippen molar-refractivity contribution in [1.82, 2.24) is 5.32 Å². The molecule has 1 atom stereocenters. The van der Waals surface area contributed by atoms with Gasteiger partial charge in [0.1, 0.15) is 5.75 Å². The predicted molar refractivity (Wildman–Crippen MR) is 85.7 cm³/mol. The van der Waals surface area contributed by atoms with Crippen LogP contribution in [-0.2, 0) is 4.79 Å². The SMILES string of the molecule is CCC(C)Oc1cccc(NC(=O)CC2CCNCC2)c1. The Morgan fingerprint density at radius 2 is 2.19 bits per heavy atom. The van der Waals surface area contributed by atoms with Crippen molar-refractivity contribution >= 4 is 11.6 Å². The van der Waals surface area contributed by atoms with E-state index < -0.39 is 0 Å². The summed E-state index contributed by atoms with van der Waals surface area (Å²) in [4.78, 5) is 12.1. The summed E-state index contributed by atoms with van der Waals surface area (Å²) in [5.41, 5.74) is 0.815. The molecule has 0 spiro atoms. The van der Waals surface area contributed by atoms with Gasteiger partial charge in [-0.25, -0.2) is 0 Å². The molecule has 1 heterocycles. The van der Waals surface area contributed by atoms with Crippen LogP contribution in [0.2, 0.25) is 0 Å². The quantitative estimate of drug-likeness (QED) is 0.846. The number of carbonyl (C=O) groups excluding carboxylic acids is 1. The number of hydrogen-bond donors (Lipinski definition) is 2. The van der Waals surface area contributed by atoms with Crippen LogP contribution in [-0.4, -0.2) is 25.1 Å². The molecule has 0 bridgehead atoms. The van der Waals surface area contributed by atoms with Crippen molar-refractivity contribution in [2.75, 3.05) is 18.4 Å². The van der Waals surface area contributed by atoms with Gasteiger partial charge in [0.05, 0.1) is 6.10 Å². The highest BCUT2D eigenvalue weighted by Crippen LogP contribution is 2.21. The van der Waals surface area contributed by atoms with Crippen LogP contribution in [0.4, 0.5) is 5.69 Å². The molecule has 1 aliphatic heterocycles. The number of hydrogen-bond acceptors (Lipinski definition) is 3. The summed E-state index contributed by atoms with van der Waals surface area (Å²) >= 11 is 0. The van der Waals surface area contributed by atoms with Crippen LogP contribution in [0.25, 0.3) is 0 Å². The molecule has 2 N–H and O–H groups in total. The number of piperidine rings is 1. The van der Waals surface area contributed by atoms with E-state index in [0.29, 0.717) is 12.3 Å². The van der Waals surface area contributed by atoms with E-state index in [1.807, 2.05) is 31.2 Å². The minimum absolute atomic E-state index is 0.0996. The average molecular weight is 290 g/mol. The highest BCUT2D eigenvalue weighted by Gasteiger charge is 2.16. The highest BCUT2D eigenvalue weighted by molar-refractivity contribution is 5.91. The lowest BCUT2D eigenvalue weighted by molar-refractivity contribution is -0.117.